The largest absolute Gasteiger partial charge is 0.450 e. The summed E-state index contributed by atoms with van der Waals surface area (Å²) in [5.41, 5.74) is 1.73. The zero-order valence-electron chi connectivity index (χ0n) is 15.6. The van der Waals surface area contributed by atoms with Crippen LogP contribution in [-0.4, -0.2) is 42.7 Å². The highest BCUT2D eigenvalue weighted by Gasteiger charge is 2.35. The van der Waals surface area contributed by atoms with Gasteiger partial charge in [-0.1, -0.05) is 46.7 Å². The Hall–Kier alpha value is -2.96. The van der Waals surface area contributed by atoms with Crippen molar-refractivity contribution in [3.8, 4) is 34.7 Å². The monoisotopic (exact) mass is 430 g/mol. The molecule has 1 unspecified atom stereocenters. The van der Waals surface area contributed by atoms with Gasteiger partial charge in [-0.15, -0.1) is 11.5 Å². The maximum absolute atomic E-state index is 12.3. The maximum Gasteiger partial charge on any atom is 0.450 e. The lowest BCUT2D eigenvalue weighted by molar-refractivity contribution is -0.183. The van der Waals surface area contributed by atoms with Crippen molar-refractivity contribution in [2.24, 2.45) is 0 Å². The lowest BCUT2D eigenvalue weighted by Gasteiger charge is -2.18. The van der Waals surface area contributed by atoms with Gasteiger partial charge >= 0.3 is 5.91 Å². The Balaban J connectivity index is 2.34. The van der Waals surface area contributed by atoms with Crippen LogP contribution >= 0.6 is 11.6 Å². The number of hydrogen-bond donors (Lipinski definition) is 1. The van der Waals surface area contributed by atoms with Crippen molar-refractivity contribution >= 4 is 27.3 Å². The van der Waals surface area contributed by atoms with Crippen LogP contribution in [0.2, 0.25) is 5.02 Å². The molecule has 0 aliphatic carbocycles. The van der Waals surface area contributed by atoms with E-state index in [0.29, 0.717) is 21.7 Å². The highest BCUT2D eigenvalue weighted by atomic mass is 35.5. The van der Waals surface area contributed by atoms with Crippen LogP contribution in [0, 0.1) is 12.3 Å². The third-order valence-corrected chi connectivity index (χ3v) is 5.71. The second kappa shape index (κ2) is 7.46. The van der Waals surface area contributed by atoms with E-state index in [1.807, 2.05) is 5.92 Å². The van der Waals surface area contributed by atoms with E-state index in [4.69, 9.17) is 18.0 Å². The molecule has 9 heteroatoms. The van der Waals surface area contributed by atoms with Crippen LogP contribution in [0.3, 0.4) is 0 Å². The Morgan fingerprint density at radius 1 is 1.17 bits per heavy atom. The fourth-order valence-electron chi connectivity index (χ4n) is 2.80. The third kappa shape index (κ3) is 3.95. The summed E-state index contributed by atoms with van der Waals surface area (Å²) in [6.45, 7) is 0. The van der Waals surface area contributed by atoms with Crippen molar-refractivity contribution in [3.05, 3.63) is 59.8 Å². The highest BCUT2D eigenvalue weighted by molar-refractivity contribution is 7.90. The zero-order chi connectivity index (χ0) is 21.4. The predicted octanol–water partition coefficient (Wildman–Crippen LogP) is 2.89. The van der Waals surface area contributed by atoms with Gasteiger partial charge < -0.3 is 0 Å². The number of halogens is 1. The van der Waals surface area contributed by atoms with Gasteiger partial charge in [0.2, 0.25) is 0 Å². The van der Waals surface area contributed by atoms with Gasteiger partial charge in [-0.3, -0.25) is 0 Å². The van der Waals surface area contributed by atoms with Gasteiger partial charge in [0, 0.05) is 33.1 Å². The van der Waals surface area contributed by atoms with Crippen LogP contribution < -0.4 is 4.76 Å². The summed E-state index contributed by atoms with van der Waals surface area (Å²) in [6, 6.07) is 13.1. The number of aromatic nitrogens is 2. The van der Waals surface area contributed by atoms with Crippen molar-refractivity contribution in [3.63, 3.8) is 0 Å². The van der Waals surface area contributed by atoms with Crippen molar-refractivity contribution in [1.82, 2.24) is 14.6 Å². The van der Waals surface area contributed by atoms with E-state index < -0.39 is 20.5 Å². The van der Waals surface area contributed by atoms with Crippen molar-refractivity contribution in [1.29, 1.82) is 0 Å². The lowest BCUT2D eigenvalue weighted by atomic mass is 10.0. The van der Waals surface area contributed by atoms with E-state index in [9.17, 15) is 18.4 Å². The molecule has 2 aromatic carbocycles. The van der Waals surface area contributed by atoms with Gasteiger partial charge in [-0.2, -0.15) is 5.21 Å². The molecule has 1 heterocycles. The fraction of sp³-hybridized carbons (Fsp3) is 0.100. The minimum atomic E-state index is -3.57. The topological polar surface area (TPSA) is 89.3 Å². The van der Waals surface area contributed by atoms with Gasteiger partial charge in [0.05, 0.1) is 11.1 Å². The van der Waals surface area contributed by atoms with Crippen LogP contribution in [0.4, 0.5) is 0 Å². The number of rotatable bonds is 4. The Morgan fingerprint density at radius 3 is 2.38 bits per heavy atom. The normalized spacial score (nSPS) is 13.5. The molecule has 1 aromatic heterocycles. The average Bonchev–Trinajstić information content (AvgIpc) is 3.13. The molecule has 3 aromatic rings. The number of amides is 1. The van der Waals surface area contributed by atoms with Crippen molar-refractivity contribution in [2.75, 3.05) is 13.3 Å². The van der Waals surface area contributed by atoms with Crippen molar-refractivity contribution < 1.29 is 18.4 Å². The van der Waals surface area contributed by atoms with Crippen LogP contribution in [0.25, 0.3) is 22.4 Å². The molecule has 0 spiro atoms. The minimum absolute atomic E-state index is 0.0656. The molecule has 0 saturated carbocycles. The van der Waals surface area contributed by atoms with E-state index >= 15 is 0 Å². The number of carbonyl (C=O) groups is 1. The molecule has 1 amide bonds. The van der Waals surface area contributed by atoms with Crippen LogP contribution in [-0.2, 0) is 14.6 Å². The molecule has 0 fully saturated rings. The first kappa shape index (κ1) is 20.8. The SMILES string of the molecule is C#CC(=O)[N+](C)(O)n1cc(-c2ccc(Cl)cc2)c(-c2ccccc2S(C)(=O)=O)n1. The molecule has 1 N–H and O–H groups in total. The fourth-order valence-corrected chi connectivity index (χ4v) is 3.82. The molecule has 7 nitrogen and oxygen atoms in total. The van der Waals surface area contributed by atoms with E-state index in [-0.39, 0.29) is 10.6 Å². The second-order valence-electron chi connectivity index (χ2n) is 6.45. The van der Waals surface area contributed by atoms with E-state index in [0.717, 1.165) is 18.1 Å². The van der Waals surface area contributed by atoms with Gasteiger partial charge in [0.25, 0.3) is 0 Å². The average molecular weight is 431 g/mol. The first-order valence-corrected chi connectivity index (χ1v) is 10.6. The number of nitrogens with zero attached hydrogens (tertiary/aromatic N) is 3. The Morgan fingerprint density at radius 2 is 1.79 bits per heavy atom. The molecule has 29 heavy (non-hydrogen) atoms. The molecule has 0 aliphatic rings. The number of hydrogen-bond acceptors (Lipinski definition) is 5. The second-order valence-corrected chi connectivity index (χ2v) is 8.87. The summed E-state index contributed by atoms with van der Waals surface area (Å²) < 4.78 is 23.2. The van der Waals surface area contributed by atoms with E-state index in [1.54, 1.807) is 42.5 Å². The third-order valence-electron chi connectivity index (χ3n) is 4.31. The number of benzene rings is 2. The van der Waals surface area contributed by atoms with E-state index in [1.165, 1.54) is 12.3 Å². The summed E-state index contributed by atoms with van der Waals surface area (Å²) in [5.74, 6) is 0.918. The Bertz CT molecular complexity index is 1240. The van der Waals surface area contributed by atoms with E-state index in [2.05, 4.69) is 5.10 Å². The highest BCUT2D eigenvalue weighted by Crippen LogP contribution is 2.35. The number of sulfone groups is 1. The summed E-state index contributed by atoms with van der Waals surface area (Å²) in [6.07, 6.45) is 7.67. The molecule has 1 atom stereocenters. The smallest absolute Gasteiger partial charge is 0.224 e. The minimum Gasteiger partial charge on any atom is -0.224 e. The summed E-state index contributed by atoms with van der Waals surface area (Å²) in [4.78, 5) is 13.0. The standard InChI is InChI=1S/C20H17ClN3O4S/c1-4-19(25)24(2,26)23-13-17(14-9-11-15(21)12-10-14)20(22-23)16-7-5-6-8-18(16)29(3,27)28/h1,5-13,26H,2-3H3/q+1. The number of quaternary nitrogens is 1. The predicted molar refractivity (Wildman–Crippen MR) is 110 cm³/mol. The van der Waals surface area contributed by atoms with Gasteiger partial charge in [-0.25, -0.2) is 13.2 Å². The number of carbonyl (C=O) groups excluding carboxylic acids is 1. The number of hydroxylamine groups is 2. The maximum atomic E-state index is 12.3. The molecule has 0 bridgehead atoms. The van der Waals surface area contributed by atoms with Crippen LogP contribution in [0.5, 0.6) is 0 Å². The Kier molecular flexibility index (Phi) is 5.34. The summed E-state index contributed by atoms with van der Waals surface area (Å²) in [5, 5.41) is 15.4. The molecule has 0 aliphatic heterocycles. The first-order chi connectivity index (χ1) is 13.6. The summed E-state index contributed by atoms with van der Waals surface area (Å²) >= 11 is 5.97. The van der Waals surface area contributed by atoms with Crippen LogP contribution in [0.1, 0.15) is 0 Å². The Labute approximate surface area is 173 Å². The molecular weight excluding hydrogens is 414 g/mol. The van der Waals surface area contributed by atoms with Gasteiger partial charge in [-0.05, 0) is 23.8 Å². The van der Waals surface area contributed by atoms with Crippen LogP contribution in [0.15, 0.2) is 59.6 Å². The molecular formula is C20H17ClN3O4S+. The molecule has 0 radical (unpaired) electrons. The van der Waals surface area contributed by atoms with Gasteiger partial charge in [0.15, 0.2) is 9.84 Å². The lowest BCUT2D eigenvalue weighted by Crippen LogP contribution is -2.56. The molecule has 3 rings (SSSR count). The summed E-state index contributed by atoms with van der Waals surface area (Å²) in [7, 11) is -2.41. The molecule has 0 saturated heterocycles. The first-order valence-electron chi connectivity index (χ1n) is 8.32. The quantitative estimate of drug-likeness (QED) is 0.297. The zero-order valence-corrected chi connectivity index (χ0v) is 17.1. The van der Waals surface area contributed by atoms with Gasteiger partial charge in [0.1, 0.15) is 12.7 Å². The van der Waals surface area contributed by atoms with Crippen molar-refractivity contribution in [2.45, 2.75) is 4.90 Å². The number of terminal acetylenes is 1. The molecule has 148 valence electrons.